The topological polar surface area (TPSA) is 64.0 Å². The van der Waals surface area contributed by atoms with Crippen LogP contribution in [0.15, 0.2) is 0 Å². The van der Waals surface area contributed by atoms with E-state index >= 15 is 0 Å². The number of β-amino-alcohol motifs (C(OH)–C–C–N with tert-alkyl or cyclic N) is 1. The van der Waals surface area contributed by atoms with Crippen molar-refractivity contribution < 1.29 is 15.0 Å². The molecular formula is C10H20N2O3. The Bertz CT molecular complexity index is 191. The molecule has 0 radical (unpaired) electrons. The highest BCUT2D eigenvalue weighted by Crippen LogP contribution is 2.04. The van der Waals surface area contributed by atoms with Gasteiger partial charge in [-0.05, 0) is 6.42 Å². The van der Waals surface area contributed by atoms with Crippen molar-refractivity contribution in [1.29, 1.82) is 0 Å². The average molecular weight is 216 g/mol. The molecule has 5 nitrogen and oxygen atoms in total. The predicted octanol–water partition coefficient (Wildman–Crippen LogP) is -1.10. The molecule has 0 atom stereocenters. The summed E-state index contributed by atoms with van der Waals surface area (Å²) in [5.74, 6) is 0.132. The Hall–Kier alpha value is -0.650. The maximum atomic E-state index is 11.6. The molecule has 1 aliphatic rings. The molecule has 1 rings (SSSR count). The van der Waals surface area contributed by atoms with Crippen LogP contribution in [-0.4, -0.2) is 71.9 Å². The molecule has 15 heavy (non-hydrogen) atoms. The van der Waals surface area contributed by atoms with Crippen LogP contribution in [-0.2, 0) is 4.79 Å². The second-order valence-electron chi connectivity index (χ2n) is 3.77. The molecule has 1 heterocycles. The van der Waals surface area contributed by atoms with Crippen LogP contribution >= 0.6 is 0 Å². The Morgan fingerprint density at radius 3 is 2.27 bits per heavy atom. The number of hydrogen-bond acceptors (Lipinski definition) is 4. The molecule has 0 unspecified atom stereocenters. The number of amides is 1. The lowest BCUT2D eigenvalue weighted by Gasteiger charge is -2.34. The first-order valence-electron chi connectivity index (χ1n) is 5.49. The Morgan fingerprint density at radius 1 is 1.07 bits per heavy atom. The van der Waals surface area contributed by atoms with Crippen molar-refractivity contribution in [3.05, 3.63) is 0 Å². The van der Waals surface area contributed by atoms with Crippen molar-refractivity contribution in [2.45, 2.75) is 12.8 Å². The molecule has 1 saturated heterocycles. The monoisotopic (exact) mass is 216 g/mol. The summed E-state index contributed by atoms with van der Waals surface area (Å²) in [4.78, 5) is 15.6. The summed E-state index contributed by atoms with van der Waals surface area (Å²) >= 11 is 0. The SMILES string of the molecule is O=C(CCCO)N1CCN(CCO)CC1. The van der Waals surface area contributed by atoms with Crippen molar-refractivity contribution in [3.8, 4) is 0 Å². The van der Waals surface area contributed by atoms with Gasteiger partial charge >= 0.3 is 0 Å². The number of carbonyl (C=O) groups is 1. The summed E-state index contributed by atoms with van der Waals surface area (Å²) in [7, 11) is 0. The van der Waals surface area contributed by atoms with Gasteiger partial charge in [0.15, 0.2) is 0 Å². The first-order valence-corrected chi connectivity index (χ1v) is 5.49. The number of aliphatic hydroxyl groups is 2. The van der Waals surface area contributed by atoms with Crippen LogP contribution < -0.4 is 0 Å². The van der Waals surface area contributed by atoms with E-state index in [-0.39, 0.29) is 19.1 Å². The van der Waals surface area contributed by atoms with E-state index in [0.29, 0.717) is 19.4 Å². The van der Waals surface area contributed by atoms with E-state index in [4.69, 9.17) is 10.2 Å². The number of hydrogen-bond donors (Lipinski definition) is 2. The maximum Gasteiger partial charge on any atom is 0.222 e. The molecule has 1 amide bonds. The lowest BCUT2D eigenvalue weighted by atomic mass is 10.2. The molecule has 1 fully saturated rings. The molecule has 0 bridgehead atoms. The van der Waals surface area contributed by atoms with Gasteiger partial charge < -0.3 is 15.1 Å². The Labute approximate surface area is 90.3 Å². The Kier molecular flexibility index (Phi) is 5.60. The Morgan fingerprint density at radius 2 is 1.73 bits per heavy atom. The molecule has 0 spiro atoms. The maximum absolute atomic E-state index is 11.6. The molecule has 88 valence electrons. The lowest BCUT2D eigenvalue weighted by Crippen LogP contribution is -2.49. The van der Waals surface area contributed by atoms with Crippen LogP contribution in [0.25, 0.3) is 0 Å². The van der Waals surface area contributed by atoms with E-state index in [9.17, 15) is 4.79 Å². The van der Waals surface area contributed by atoms with Crippen LogP contribution in [0.3, 0.4) is 0 Å². The molecule has 0 aliphatic carbocycles. The number of aliphatic hydroxyl groups excluding tert-OH is 2. The molecular weight excluding hydrogens is 196 g/mol. The van der Waals surface area contributed by atoms with E-state index in [2.05, 4.69) is 4.90 Å². The zero-order valence-corrected chi connectivity index (χ0v) is 9.06. The summed E-state index contributed by atoms with van der Waals surface area (Å²) in [6.45, 7) is 4.11. The number of rotatable bonds is 5. The highest BCUT2D eigenvalue weighted by molar-refractivity contribution is 5.76. The van der Waals surface area contributed by atoms with Crippen LogP contribution in [0.4, 0.5) is 0 Å². The van der Waals surface area contributed by atoms with Crippen molar-refractivity contribution >= 4 is 5.91 Å². The highest BCUT2D eigenvalue weighted by Gasteiger charge is 2.19. The summed E-state index contributed by atoms with van der Waals surface area (Å²) in [5, 5.41) is 17.4. The van der Waals surface area contributed by atoms with Crippen LogP contribution in [0.2, 0.25) is 0 Å². The first-order chi connectivity index (χ1) is 7.27. The minimum absolute atomic E-state index is 0.0796. The number of carbonyl (C=O) groups excluding carboxylic acids is 1. The number of nitrogens with zero attached hydrogens (tertiary/aromatic N) is 2. The van der Waals surface area contributed by atoms with E-state index in [0.717, 1.165) is 26.2 Å². The normalized spacial score (nSPS) is 18.1. The van der Waals surface area contributed by atoms with Gasteiger partial charge in [0.1, 0.15) is 0 Å². The average Bonchev–Trinajstić information content (AvgIpc) is 2.27. The predicted molar refractivity (Wildman–Crippen MR) is 56.4 cm³/mol. The summed E-state index contributed by atoms with van der Waals surface area (Å²) in [5.41, 5.74) is 0. The molecule has 1 aliphatic heterocycles. The van der Waals surface area contributed by atoms with E-state index in [1.807, 2.05) is 4.90 Å². The fourth-order valence-electron chi connectivity index (χ4n) is 1.75. The molecule has 0 saturated carbocycles. The fourth-order valence-corrected chi connectivity index (χ4v) is 1.75. The second kappa shape index (κ2) is 6.76. The molecule has 2 N–H and O–H groups in total. The second-order valence-corrected chi connectivity index (χ2v) is 3.77. The van der Waals surface area contributed by atoms with Gasteiger partial charge in [-0.1, -0.05) is 0 Å². The van der Waals surface area contributed by atoms with Gasteiger partial charge in [-0.2, -0.15) is 0 Å². The molecule has 0 aromatic carbocycles. The standard InChI is InChI=1S/C10H20N2O3/c13-8-1-2-10(15)12-5-3-11(4-6-12)7-9-14/h13-14H,1-9H2. The van der Waals surface area contributed by atoms with Gasteiger partial charge in [0, 0.05) is 45.8 Å². The van der Waals surface area contributed by atoms with E-state index in [1.165, 1.54) is 0 Å². The van der Waals surface area contributed by atoms with Crippen molar-refractivity contribution in [2.24, 2.45) is 0 Å². The van der Waals surface area contributed by atoms with Gasteiger partial charge in [0.2, 0.25) is 5.91 Å². The third kappa shape index (κ3) is 4.15. The van der Waals surface area contributed by atoms with Crippen LogP contribution in [0.5, 0.6) is 0 Å². The quantitative estimate of drug-likeness (QED) is 0.612. The minimum Gasteiger partial charge on any atom is -0.396 e. The van der Waals surface area contributed by atoms with Crippen LogP contribution in [0, 0.1) is 0 Å². The van der Waals surface area contributed by atoms with Gasteiger partial charge in [-0.15, -0.1) is 0 Å². The largest absolute Gasteiger partial charge is 0.396 e. The first kappa shape index (κ1) is 12.4. The Balaban J connectivity index is 2.21. The van der Waals surface area contributed by atoms with Crippen molar-refractivity contribution in [2.75, 3.05) is 45.9 Å². The van der Waals surface area contributed by atoms with Gasteiger partial charge in [-0.3, -0.25) is 9.69 Å². The smallest absolute Gasteiger partial charge is 0.222 e. The summed E-state index contributed by atoms with van der Waals surface area (Å²) in [6.07, 6.45) is 0.992. The molecule has 5 heteroatoms. The zero-order chi connectivity index (χ0) is 11.1. The van der Waals surface area contributed by atoms with Crippen molar-refractivity contribution in [1.82, 2.24) is 9.80 Å². The minimum atomic E-state index is 0.0796. The van der Waals surface area contributed by atoms with Gasteiger partial charge in [-0.25, -0.2) is 0 Å². The third-order valence-electron chi connectivity index (χ3n) is 2.69. The third-order valence-corrected chi connectivity index (χ3v) is 2.69. The van der Waals surface area contributed by atoms with E-state index < -0.39 is 0 Å². The van der Waals surface area contributed by atoms with Gasteiger partial charge in [0.25, 0.3) is 0 Å². The summed E-state index contributed by atoms with van der Waals surface area (Å²) < 4.78 is 0. The van der Waals surface area contributed by atoms with E-state index in [1.54, 1.807) is 0 Å². The molecule has 0 aromatic rings. The highest BCUT2D eigenvalue weighted by atomic mass is 16.3. The summed E-state index contributed by atoms with van der Waals surface area (Å²) in [6, 6.07) is 0. The molecule has 0 aromatic heterocycles. The van der Waals surface area contributed by atoms with Gasteiger partial charge in [0.05, 0.1) is 6.61 Å². The van der Waals surface area contributed by atoms with Crippen LogP contribution in [0.1, 0.15) is 12.8 Å². The number of piperazine rings is 1. The zero-order valence-electron chi connectivity index (χ0n) is 9.06. The van der Waals surface area contributed by atoms with Crippen molar-refractivity contribution in [3.63, 3.8) is 0 Å². The fraction of sp³-hybridized carbons (Fsp3) is 0.900. The lowest BCUT2D eigenvalue weighted by molar-refractivity contribution is -0.133.